The fourth-order valence-corrected chi connectivity index (χ4v) is 8.59. The van der Waals surface area contributed by atoms with Crippen molar-refractivity contribution in [3.8, 4) is 11.5 Å². The minimum Gasteiger partial charge on any atom is -0.493 e. The highest BCUT2D eigenvalue weighted by Crippen LogP contribution is 2.61. The Kier molecular flexibility index (Phi) is 8.30. The van der Waals surface area contributed by atoms with Crippen molar-refractivity contribution in [3.05, 3.63) is 113 Å². The van der Waals surface area contributed by atoms with Gasteiger partial charge in [0.15, 0.2) is 11.5 Å². The molecule has 2 fully saturated rings. The van der Waals surface area contributed by atoms with E-state index in [1.165, 1.54) is 40.3 Å². The number of nitrogens with zero attached hydrogens (tertiary/aromatic N) is 6. The van der Waals surface area contributed by atoms with Crippen LogP contribution in [0.25, 0.3) is 11.0 Å². The average molecular weight is 761 g/mol. The van der Waals surface area contributed by atoms with Gasteiger partial charge in [-0.3, -0.25) is 14.4 Å². The Labute approximate surface area is 310 Å². The fraction of sp³-hybridized carbons (Fsp3) is 0.351. The van der Waals surface area contributed by atoms with E-state index in [-0.39, 0.29) is 48.1 Å². The number of halogens is 2. The van der Waals surface area contributed by atoms with Crippen LogP contribution in [-0.4, -0.2) is 54.6 Å². The summed E-state index contributed by atoms with van der Waals surface area (Å²) in [5, 5.41) is 9.56. The van der Waals surface area contributed by atoms with Crippen molar-refractivity contribution >= 4 is 40.1 Å². The second-order valence-electron chi connectivity index (χ2n) is 13.8. The molecular weight excluding hydrogens is 727 g/mol. The molecule has 280 valence electrons. The molecule has 54 heavy (non-hydrogen) atoms. The molecule has 1 saturated heterocycles. The minimum absolute atomic E-state index is 0.0240. The van der Waals surface area contributed by atoms with Crippen molar-refractivity contribution in [2.75, 3.05) is 19.1 Å². The number of ether oxygens (including phenoxy) is 2. The normalized spacial score (nSPS) is 21.9. The summed E-state index contributed by atoms with van der Waals surface area (Å²) in [7, 11) is 4.55. The van der Waals surface area contributed by atoms with E-state index < -0.39 is 64.5 Å². The lowest BCUT2D eigenvalue weighted by atomic mass is 9.58. The molecule has 0 spiro atoms. The van der Waals surface area contributed by atoms with E-state index in [1.54, 1.807) is 44.3 Å². The number of amides is 2. The largest absolute Gasteiger partial charge is 0.493 e. The van der Waals surface area contributed by atoms with Gasteiger partial charge in [0, 0.05) is 32.1 Å². The van der Waals surface area contributed by atoms with E-state index in [0.29, 0.717) is 33.9 Å². The number of aliphatic hydroxyl groups is 1. The Hall–Kier alpha value is -5.74. The molecular formula is C37H34ClFN6O9. The molecule has 4 atom stereocenters. The molecule has 3 aliphatic rings. The SMILES string of the molecule is COc1cc2nc(CCn3c(=O)n4n(c3=O)[C@@H]3C[C@H]5C(=O)N(c6ccc(F)c(Cl)c6)C(=O)[C@@]5(C)[C@@H](c5ccc(CO)o5)C3=CC4)c(=O)n(C)c2cc1OC. The molecule has 0 radical (unpaired) electrons. The number of hydrogen-bond acceptors (Lipinski definition) is 10. The second-order valence-corrected chi connectivity index (χ2v) is 14.2. The Morgan fingerprint density at radius 1 is 1.04 bits per heavy atom. The van der Waals surface area contributed by atoms with Gasteiger partial charge in [0.25, 0.3) is 5.56 Å². The maximum absolute atomic E-state index is 14.5. The first-order valence-corrected chi connectivity index (χ1v) is 17.5. The van der Waals surface area contributed by atoms with Crippen LogP contribution in [0.4, 0.5) is 10.1 Å². The maximum Gasteiger partial charge on any atom is 0.347 e. The third-order valence-electron chi connectivity index (χ3n) is 11.1. The molecule has 1 saturated carbocycles. The summed E-state index contributed by atoms with van der Waals surface area (Å²) >= 11 is 6.06. The molecule has 2 aliphatic heterocycles. The van der Waals surface area contributed by atoms with Gasteiger partial charge in [0.1, 0.15) is 29.6 Å². The van der Waals surface area contributed by atoms with E-state index in [1.807, 2.05) is 0 Å². The lowest BCUT2D eigenvalue weighted by Gasteiger charge is -2.46. The van der Waals surface area contributed by atoms with Gasteiger partial charge in [0.2, 0.25) is 11.8 Å². The molecule has 1 N–H and O–H groups in total. The van der Waals surface area contributed by atoms with E-state index in [4.69, 9.17) is 25.5 Å². The number of aryl methyl sites for hydroxylation is 2. The van der Waals surface area contributed by atoms with Gasteiger partial charge in [-0.2, -0.15) is 0 Å². The number of imide groups is 1. The van der Waals surface area contributed by atoms with Crippen LogP contribution in [0, 0.1) is 17.2 Å². The van der Waals surface area contributed by atoms with Gasteiger partial charge in [0.05, 0.1) is 65.8 Å². The van der Waals surface area contributed by atoms with Crippen molar-refractivity contribution in [1.82, 2.24) is 23.5 Å². The Morgan fingerprint density at radius 2 is 1.78 bits per heavy atom. The monoisotopic (exact) mass is 760 g/mol. The molecule has 0 unspecified atom stereocenters. The molecule has 5 aromatic rings. The van der Waals surface area contributed by atoms with Gasteiger partial charge in [-0.25, -0.2) is 37.8 Å². The van der Waals surface area contributed by atoms with Crippen molar-refractivity contribution in [2.45, 2.75) is 51.4 Å². The van der Waals surface area contributed by atoms with Crippen LogP contribution < -0.4 is 31.3 Å². The van der Waals surface area contributed by atoms with Crippen molar-refractivity contribution in [1.29, 1.82) is 0 Å². The lowest BCUT2D eigenvalue weighted by Crippen LogP contribution is -2.49. The van der Waals surface area contributed by atoms with E-state index >= 15 is 0 Å². The Morgan fingerprint density at radius 3 is 2.46 bits per heavy atom. The standard InChI is InChI=1S/C37H34ClFN6O9/c1-37-21(32(47)44(34(37)49)18-5-7-23(39)22(38)13-18)14-26-20(31(37)28-8-6-19(17-46)54-28)9-12-43-35(50)42(36(51)45(26)43)11-10-24-33(48)41(2)27-16-30(53-4)29(52-3)15-25(27)40-24/h5-9,13,15-16,21,26,31,46H,10-12,14,17H2,1-4H3/t21-,26+,31+,37+/m0/s1. The zero-order valence-electron chi connectivity index (χ0n) is 29.5. The van der Waals surface area contributed by atoms with E-state index in [0.717, 1.165) is 15.5 Å². The summed E-state index contributed by atoms with van der Waals surface area (Å²) < 4.78 is 35.9. The van der Waals surface area contributed by atoms with Crippen LogP contribution in [0.5, 0.6) is 11.5 Å². The van der Waals surface area contributed by atoms with Crippen LogP contribution in [0.2, 0.25) is 5.02 Å². The lowest BCUT2D eigenvalue weighted by molar-refractivity contribution is -0.129. The third-order valence-corrected chi connectivity index (χ3v) is 11.4. The fourth-order valence-electron chi connectivity index (χ4n) is 8.41. The number of fused-ring (bicyclic) bond motifs is 5. The first-order chi connectivity index (χ1) is 25.8. The predicted octanol–water partition coefficient (Wildman–Crippen LogP) is 3.06. The summed E-state index contributed by atoms with van der Waals surface area (Å²) in [6.07, 6.45) is 1.69. The number of aliphatic hydroxyl groups excluding tert-OH is 1. The van der Waals surface area contributed by atoms with Gasteiger partial charge >= 0.3 is 11.4 Å². The Balaban J connectivity index is 1.19. The molecule has 3 aromatic heterocycles. The number of rotatable bonds is 8. The first-order valence-electron chi connectivity index (χ1n) is 17.1. The van der Waals surface area contributed by atoms with Gasteiger partial charge in [-0.05, 0) is 49.2 Å². The Bertz CT molecular complexity index is 2640. The third kappa shape index (κ3) is 4.96. The number of carbonyl (C=O) groups is 2. The smallest absolute Gasteiger partial charge is 0.347 e. The van der Waals surface area contributed by atoms with Crippen LogP contribution in [0.3, 0.4) is 0 Å². The maximum atomic E-state index is 14.5. The summed E-state index contributed by atoms with van der Waals surface area (Å²) in [4.78, 5) is 75.8. The summed E-state index contributed by atoms with van der Waals surface area (Å²) in [6.45, 7) is 1.03. The van der Waals surface area contributed by atoms with Gasteiger partial charge in [-0.15, -0.1) is 0 Å². The van der Waals surface area contributed by atoms with Crippen LogP contribution in [-0.2, 0) is 42.8 Å². The average Bonchev–Trinajstić information content (AvgIpc) is 3.79. The summed E-state index contributed by atoms with van der Waals surface area (Å²) in [5.41, 5.74) is -1.40. The number of allylic oxidation sites excluding steroid dienone is 2. The van der Waals surface area contributed by atoms with E-state index in [2.05, 4.69) is 4.98 Å². The predicted molar refractivity (Wildman–Crippen MR) is 191 cm³/mol. The molecule has 8 rings (SSSR count). The van der Waals surface area contributed by atoms with Crippen LogP contribution >= 0.6 is 11.6 Å². The molecule has 2 aromatic carbocycles. The molecule has 1 aliphatic carbocycles. The number of carbonyl (C=O) groups excluding carboxylic acids is 2. The topological polar surface area (TPSA) is 173 Å². The van der Waals surface area contributed by atoms with Crippen molar-refractivity contribution in [2.24, 2.45) is 18.4 Å². The summed E-state index contributed by atoms with van der Waals surface area (Å²) in [5.74, 6) is -2.42. The second kappa shape index (κ2) is 12.7. The van der Waals surface area contributed by atoms with Gasteiger partial charge < -0.3 is 23.6 Å². The molecule has 15 nitrogen and oxygen atoms in total. The first kappa shape index (κ1) is 35.3. The number of methoxy groups -OCH3 is 2. The van der Waals surface area contributed by atoms with Crippen molar-refractivity contribution < 1.29 is 33.0 Å². The zero-order valence-corrected chi connectivity index (χ0v) is 30.3. The number of aromatic nitrogens is 5. The number of benzene rings is 2. The molecule has 17 heteroatoms. The highest BCUT2D eigenvalue weighted by molar-refractivity contribution is 6.31. The number of hydrogen-bond donors (Lipinski definition) is 1. The summed E-state index contributed by atoms with van der Waals surface area (Å²) in [6, 6.07) is 9.18. The molecule has 0 bridgehead atoms. The zero-order chi connectivity index (χ0) is 38.4. The van der Waals surface area contributed by atoms with Gasteiger partial charge in [-0.1, -0.05) is 17.7 Å². The quantitative estimate of drug-likeness (QED) is 0.183. The minimum atomic E-state index is -1.44. The highest BCUT2D eigenvalue weighted by atomic mass is 35.5. The number of anilines is 1. The number of furan rings is 1. The molecule has 2 amide bonds. The van der Waals surface area contributed by atoms with Crippen LogP contribution in [0.15, 0.2) is 72.9 Å². The van der Waals surface area contributed by atoms with Crippen molar-refractivity contribution in [3.63, 3.8) is 0 Å². The van der Waals surface area contributed by atoms with Crippen LogP contribution in [0.1, 0.15) is 42.5 Å². The van der Waals surface area contributed by atoms with E-state index in [9.17, 15) is 33.5 Å². The molecule has 5 heterocycles. The highest BCUT2D eigenvalue weighted by Gasteiger charge is 2.66.